The predicted octanol–water partition coefficient (Wildman–Crippen LogP) is 4.17. The molecule has 0 spiro atoms. The number of rotatable bonds is 8. The first-order chi connectivity index (χ1) is 15.6. The third-order valence-electron chi connectivity index (χ3n) is 5.88. The van der Waals surface area contributed by atoms with Crippen LogP contribution >= 0.6 is 0 Å². The highest BCUT2D eigenvalue weighted by atomic mass is 16.5. The number of nitrogens with one attached hydrogen (secondary N) is 2. The Balaban J connectivity index is 1.63. The molecule has 0 heterocycles. The number of amides is 2. The number of hydrogen-bond donors (Lipinski definition) is 3. The van der Waals surface area contributed by atoms with Crippen LogP contribution in [0.2, 0.25) is 0 Å². The number of aliphatic carboxylic acids is 1. The van der Waals surface area contributed by atoms with E-state index in [0.29, 0.717) is 0 Å². The molecule has 0 radical (unpaired) electrons. The lowest BCUT2D eigenvalue weighted by Gasteiger charge is -2.30. The maximum absolute atomic E-state index is 12.8. The third-order valence-corrected chi connectivity index (χ3v) is 5.88. The number of fused-ring (bicyclic) bond motifs is 3. The van der Waals surface area contributed by atoms with E-state index in [2.05, 4.69) is 22.8 Å². The fourth-order valence-electron chi connectivity index (χ4n) is 4.18. The molecule has 2 unspecified atom stereocenters. The van der Waals surface area contributed by atoms with Crippen molar-refractivity contribution in [3.8, 4) is 11.1 Å². The summed E-state index contributed by atoms with van der Waals surface area (Å²) in [5, 5.41) is 14.3. The van der Waals surface area contributed by atoms with Crippen LogP contribution in [0.5, 0.6) is 0 Å². The summed E-state index contributed by atoms with van der Waals surface area (Å²) in [5.41, 5.74) is 3.95. The smallest absolute Gasteiger partial charge is 0.407 e. The zero-order valence-electron chi connectivity index (χ0n) is 19.6. The minimum absolute atomic E-state index is 0.0414. The summed E-state index contributed by atoms with van der Waals surface area (Å²) >= 11 is 0. The number of carboxylic acids is 1. The van der Waals surface area contributed by atoms with Crippen molar-refractivity contribution in [3.05, 3.63) is 59.7 Å². The van der Waals surface area contributed by atoms with E-state index in [-0.39, 0.29) is 37.3 Å². The lowest BCUT2D eigenvalue weighted by Crippen LogP contribution is -2.54. The lowest BCUT2D eigenvalue weighted by atomic mass is 9.86. The molecule has 0 bridgehead atoms. The Morgan fingerprint density at radius 2 is 1.55 bits per heavy atom. The van der Waals surface area contributed by atoms with Gasteiger partial charge in [0.2, 0.25) is 5.91 Å². The molecule has 7 nitrogen and oxygen atoms in total. The van der Waals surface area contributed by atoms with Gasteiger partial charge in [-0.25, -0.2) is 4.79 Å². The van der Waals surface area contributed by atoms with Crippen molar-refractivity contribution >= 4 is 18.0 Å². The van der Waals surface area contributed by atoms with Crippen molar-refractivity contribution in [2.45, 2.75) is 46.1 Å². The van der Waals surface area contributed by atoms with E-state index in [4.69, 9.17) is 9.84 Å². The summed E-state index contributed by atoms with van der Waals surface area (Å²) in [5.74, 6) is -1.57. The van der Waals surface area contributed by atoms with E-state index < -0.39 is 23.5 Å². The number of alkyl carbamates (subject to hydrolysis) is 1. The minimum atomic E-state index is -0.916. The van der Waals surface area contributed by atoms with Gasteiger partial charge in [0.25, 0.3) is 0 Å². The van der Waals surface area contributed by atoms with E-state index >= 15 is 0 Å². The Bertz CT molecular complexity index is 982. The van der Waals surface area contributed by atoms with Crippen LogP contribution in [0.15, 0.2) is 48.5 Å². The van der Waals surface area contributed by atoms with Crippen LogP contribution in [0.1, 0.15) is 51.2 Å². The summed E-state index contributed by atoms with van der Waals surface area (Å²) in [4.78, 5) is 36.3. The van der Waals surface area contributed by atoms with Gasteiger partial charge >= 0.3 is 12.1 Å². The normalized spacial score (nSPS) is 14.5. The van der Waals surface area contributed by atoms with Crippen molar-refractivity contribution in [3.63, 3.8) is 0 Å². The maximum Gasteiger partial charge on any atom is 0.407 e. The maximum atomic E-state index is 12.8. The highest BCUT2D eigenvalue weighted by molar-refractivity contribution is 5.86. The molecule has 176 valence electrons. The standard InChI is InChI=1S/C26H32N2O5/c1-16(13-22(29)30)14-27-24(31)23(26(2,3)4)28-25(32)33-15-21-19-11-7-5-9-17(19)18-10-6-8-12-20(18)21/h5-12,16,21,23H,13-15H2,1-4H3,(H,27,31)(H,28,32)(H,29,30). The zero-order chi connectivity index (χ0) is 24.2. The molecule has 3 N–H and O–H groups in total. The first-order valence-corrected chi connectivity index (χ1v) is 11.2. The lowest BCUT2D eigenvalue weighted by molar-refractivity contribution is -0.138. The quantitative estimate of drug-likeness (QED) is 0.558. The molecule has 7 heteroatoms. The van der Waals surface area contributed by atoms with Crippen LogP contribution in [-0.2, 0) is 14.3 Å². The molecule has 0 fully saturated rings. The van der Waals surface area contributed by atoms with Crippen molar-refractivity contribution in [2.24, 2.45) is 11.3 Å². The van der Waals surface area contributed by atoms with Gasteiger partial charge in [0, 0.05) is 18.9 Å². The number of hydrogen-bond acceptors (Lipinski definition) is 4. The molecule has 2 atom stereocenters. The van der Waals surface area contributed by atoms with Crippen molar-refractivity contribution in [1.82, 2.24) is 10.6 Å². The molecule has 0 saturated heterocycles. The van der Waals surface area contributed by atoms with Crippen molar-refractivity contribution < 1.29 is 24.2 Å². The summed E-state index contributed by atoms with van der Waals surface area (Å²) in [6.07, 6.45) is -0.703. The number of ether oxygens (including phenoxy) is 1. The predicted molar refractivity (Wildman–Crippen MR) is 126 cm³/mol. The van der Waals surface area contributed by atoms with E-state index in [9.17, 15) is 14.4 Å². The largest absolute Gasteiger partial charge is 0.481 e. The van der Waals surface area contributed by atoms with Crippen LogP contribution < -0.4 is 10.6 Å². The highest BCUT2D eigenvalue weighted by Gasteiger charge is 2.34. The van der Waals surface area contributed by atoms with Gasteiger partial charge in [0.05, 0.1) is 0 Å². The molecular weight excluding hydrogens is 420 g/mol. The fourth-order valence-corrected chi connectivity index (χ4v) is 4.18. The molecule has 33 heavy (non-hydrogen) atoms. The van der Waals surface area contributed by atoms with Crippen LogP contribution in [0, 0.1) is 11.3 Å². The molecule has 1 aliphatic rings. The zero-order valence-corrected chi connectivity index (χ0v) is 19.6. The molecule has 0 saturated carbocycles. The number of carbonyl (C=O) groups is 3. The van der Waals surface area contributed by atoms with Crippen LogP contribution in [0.3, 0.4) is 0 Å². The van der Waals surface area contributed by atoms with Gasteiger partial charge in [-0.05, 0) is 33.6 Å². The molecule has 3 rings (SSSR count). The molecular formula is C26H32N2O5. The molecule has 2 aromatic rings. The van der Waals surface area contributed by atoms with Gasteiger partial charge in [-0.3, -0.25) is 9.59 Å². The molecule has 2 amide bonds. The second kappa shape index (κ2) is 10.1. The van der Waals surface area contributed by atoms with Gasteiger partial charge in [-0.2, -0.15) is 0 Å². The molecule has 0 aromatic heterocycles. The Morgan fingerprint density at radius 1 is 1.00 bits per heavy atom. The monoisotopic (exact) mass is 452 g/mol. The average molecular weight is 453 g/mol. The topological polar surface area (TPSA) is 105 Å². The SMILES string of the molecule is CC(CNC(=O)C(NC(=O)OCC1c2ccccc2-c2ccccc21)C(C)(C)C)CC(=O)O. The minimum Gasteiger partial charge on any atom is -0.481 e. The van der Waals surface area contributed by atoms with Gasteiger partial charge in [-0.15, -0.1) is 0 Å². The summed E-state index contributed by atoms with van der Waals surface area (Å²) in [7, 11) is 0. The Labute approximate surface area is 194 Å². The Hall–Kier alpha value is -3.35. The Kier molecular flexibility index (Phi) is 7.41. The van der Waals surface area contributed by atoms with Gasteiger partial charge < -0.3 is 20.5 Å². The van der Waals surface area contributed by atoms with Crippen LogP contribution in [0.25, 0.3) is 11.1 Å². The van der Waals surface area contributed by atoms with E-state index in [1.807, 2.05) is 57.2 Å². The van der Waals surface area contributed by atoms with Gasteiger partial charge in [0.1, 0.15) is 12.6 Å². The number of carbonyl (C=O) groups excluding carboxylic acids is 2. The van der Waals surface area contributed by atoms with Gasteiger partial charge in [-0.1, -0.05) is 76.2 Å². The Morgan fingerprint density at radius 3 is 2.06 bits per heavy atom. The van der Waals surface area contributed by atoms with Crippen molar-refractivity contribution in [1.29, 1.82) is 0 Å². The summed E-state index contributed by atoms with van der Waals surface area (Å²) < 4.78 is 5.59. The molecule has 0 aliphatic heterocycles. The van der Waals surface area contributed by atoms with E-state index in [1.54, 1.807) is 6.92 Å². The summed E-state index contributed by atoms with van der Waals surface area (Å²) in [6, 6.07) is 15.3. The van der Waals surface area contributed by atoms with E-state index in [1.165, 1.54) is 0 Å². The number of carboxylic acid groups (broad SMARTS) is 1. The highest BCUT2D eigenvalue weighted by Crippen LogP contribution is 2.44. The van der Waals surface area contributed by atoms with E-state index in [0.717, 1.165) is 22.3 Å². The van der Waals surface area contributed by atoms with Crippen LogP contribution in [-0.4, -0.2) is 42.3 Å². The van der Waals surface area contributed by atoms with Crippen LogP contribution in [0.4, 0.5) is 4.79 Å². The fraction of sp³-hybridized carbons (Fsp3) is 0.423. The summed E-state index contributed by atoms with van der Waals surface area (Å²) in [6.45, 7) is 7.67. The number of benzene rings is 2. The van der Waals surface area contributed by atoms with Gasteiger partial charge in [0.15, 0.2) is 0 Å². The molecule has 2 aromatic carbocycles. The first kappa shape index (κ1) is 24.3. The van der Waals surface area contributed by atoms with Crippen molar-refractivity contribution in [2.75, 3.05) is 13.2 Å². The first-order valence-electron chi connectivity index (χ1n) is 11.2. The second-order valence-corrected chi connectivity index (χ2v) is 9.72. The molecule has 1 aliphatic carbocycles. The second-order valence-electron chi connectivity index (χ2n) is 9.72. The average Bonchev–Trinajstić information content (AvgIpc) is 3.07. The third kappa shape index (κ3) is 5.92.